The van der Waals surface area contributed by atoms with Crippen LogP contribution in [-0.4, -0.2) is 38.8 Å². The summed E-state index contributed by atoms with van der Waals surface area (Å²) < 4.78 is 19.5. The van der Waals surface area contributed by atoms with Crippen molar-refractivity contribution in [2.24, 2.45) is 10.4 Å². The molecule has 0 radical (unpaired) electrons. The van der Waals surface area contributed by atoms with Crippen LogP contribution in [0.25, 0.3) is 0 Å². The summed E-state index contributed by atoms with van der Waals surface area (Å²) in [6.07, 6.45) is 7.18. The molecule has 2 aliphatic rings. The number of ether oxygens (including phenoxy) is 1. The van der Waals surface area contributed by atoms with Crippen LogP contribution in [0.1, 0.15) is 56.9 Å². The molecule has 0 aliphatic heterocycles. The highest BCUT2D eigenvalue weighted by Crippen LogP contribution is 2.42. The molecule has 4 nitrogen and oxygen atoms in total. The van der Waals surface area contributed by atoms with Crippen molar-refractivity contribution in [2.75, 3.05) is 26.8 Å². The van der Waals surface area contributed by atoms with Crippen LogP contribution in [0.3, 0.4) is 0 Å². The van der Waals surface area contributed by atoms with Crippen LogP contribution in [-0.2, 0) is 4.74 Å². The largest absolute Gasteiger partial charge is 0.382 e. The lowest BCUT2D eigenvalue weighted by molar-refractivity contribution is 0.105. The second-order valence-corrected chi connectivity index (χ2v) is 7.69. The van der Waals surface area contributed by atoms with E-state index in [0.29, 0.717) is 5.41 Å². The van der Waals surface area contributed by atoms with E-state index >= 15 is 0 Å². The zero-order valence-corrected chi connectivity index (χ0v) is 16.1. The number of benzene rings is 1. The first-order chi connectivity index (χ1) is 12.7. The molecule has 0 bridgehead atoms. The second kappa shape index (κ2) is 8.85. The first-order valence-corrected chi connectivity index (χ1v) is 9.97. The topological polar surface area (TPSA) is 45.6 Å². The molecule has 144 valence electrons. The smallest absolute Gasteiger partial charge is 0.191 e. The maximum absolute atomic E-state index is 13.9. The number of halogens is 1. The third-order valence-corrected chi connectivity index (χ3v) is 5.92. The van der Waals surface area contributed by atoms with E-state index < -0.39 is 0 Å². The van der Waals surface area contributed by atoms with Crippen molar-refractivity contribution in [1.82, 2.24) is 10.6 Å². The van der Waals surface area contributed by atoms with Gasteiger partial charge < -0.3 is 15.4 Å². The molecule has 1 aromatic rings. The lowest BCUT2D eigenvalue weighted by atomic mass is 9.83. The Hall–Kier alpha value is -1.62. The van der Waals surface area contributed by atoms with Gasteiger partial charge in [-0.1, -0.05) is 31.0 Å². The summed E-state index contributed by atoms with van der Waals surface area (Å²) in [5.74, 6) is 0.968. The van der Waals surface area contributed by atoms with Crippen molar-refractivity contribution >= 4 is 5.96 Å². The number of guanidine groups is 1. The van der Waals surface area contributed by atoms with E-state index in [1.807, 2.05) is 19.1 Å². The van der Waals surface area contributed by atoms with Gasteiger partial charge in [0.05, 0.1) is 0 Å². The molecule has 0 saturated heterocycles. The molecule has 3 rings (SSSR count). The van der Waals surface area contributed by atoms with E-state index in [9.17, 15) is 4.39 Å². The number of hydrogen-bond acceptors (Lipinski definition) is 2. The van der Waals surface area contributed by atoms with Crippen molar-refractivity contribution < 1.29 is 9.13 Å². The Balaban J connectivity index is 1.50. The number of nitrogens with one attached hydrogen (secondary N) is 2. The van der Waals surface area contributed by atoms with Crippen molar-refractivity contribution in [2.45, 2.75) is 57.4 Å². The van der Waals surface area contributed by atoms with Crippen LogP contribution in [0.4, 0.5) is 4.39 Å². The van der Waals surface area contributed by atoms with Crippen LogP contribution in [0, 0.1) is 11.2 Å². The average Bonchev–Trinajstić information content (AvgIpc) is 3.25. The third-order valence-electron chi connectivity index (χ3n) is 5.92. The van der Waals surface area contributed by atoms with Gasteiger partial charge in [0.15, 0.2) is 5.96 Å². The number of nitrogens with zero attached hydrogens (tertiary/aromatic N) is 1. The molecular formula is C21H32FN3O. The van der Waals surface area contributed by atoms with E-state index in [4.69, 9.17) is 4.74 Å². The maximum Gasteiger partial charge on any atom is 0.191 e. The zero-order chi connectivity index (χ0) is 18.4. The van der Waals surface area contributed by atoms with Crippen LogP contribution >= 0.6 is 0 Å². The minimum Gasteiger partial charge on any atom is -0.382 e. The average molecular weight is 362 g/mol. The summed E-state index contributed by atoms with van der Waals surface area (Å²) in [4.78, 5) is 4.38. The molecule has 1 aromatic carbocycles. The molecule has 26 heavy (non-hydrogen) atoms. The zero-order valence-electron chi connectivity index (χ0n) is 16.1. The predicted molar refractivity (Wildman–Crippen MR) is 104 cm³/mol. The Bertz CT molecular complexity index is 613. The summed E-state index contributed by atoms with van der Waals surface area (Å²) in [5, 5.41) is 6.99. The molecule has 2 fully saturated rings. The fourth-order valence-corrected chi connectivity index (χ4v) is 4.19. The minimum absolute atomic E-state index is 0.106. The van der Waals surface area contributed by atoms with Crippen molar-refractivity contribution in [3.63, 3.8) is 0 Å². The van der Waals surface area contributed by atoms with Crippen molar-refractivity contribution in [1.29, 1.82) is 0 Å². The lowest BCUT2D eigenvalue weighted by Gasteiger charge is -2.30. The molecule has 0 heterocycles. The van der Waals surface area contributed by atoms with Gasteiger partial charge in [-0.3, -0.25) is 4.99 Å². The van der Waals surface area contributed by atoms with Crippen LogP contribution in [0.5, 0.6) is 0 Å². The molecule has 2 aliphatic carbocycles. The molecular weight excluding hydrogens is 329 g/mol. The van der Waals surface area contributed by atoms with Crippen LogP contribution in [0.15, 0.2) is 29.3 Å². The van der Waals surface area contributed by atoms with Gasteiger partial charge in [0, 0.05) is 38.8 Å². The summed E-state index contributed by atoms with van der Waals surface area (Å²) in [6, 6.07) is 7.34. The molecule has 0 aromatic heterocycles. The predicted octanol–water partition coefficient (Wildman–Crippen LogP) is 3.83. The van der Waals surface area contributed by atoms with E-state index in [1.165, 1.54) is 25.7 Å². The van der Waals surface area contributed by atoms with Crippen molar-refractivity contribution in [3.8, 4) is 0 Å². The monoisotopic (exact) mass is 361 g/mol. The Morgan fingerprint density at radius 3 is 2.77 bits per heavy atom. The Morgan fingerprint density at radius 2 is 2.08 bits per heavy atom. The first kappa shape index (κ1) is 19.2. The van der Waals surface area contributed by atoms with Gasteiger partial charge in [-0.15, -0.1) is 0 Å². The van der Waals surface area contributed by atoms with Gasteiger partial charge in [0.25, 0.3) is 0 Å². The molecule has 0 amide bonds. The van der Waals surface area contributed by atoms with E-state index in [2.05, 4.69) is 15.6 Å². The first-order valence-electron chi connectivity index (χ1n) is 9.97. The van der Waals surface area contributed by atoms with Gasteiger partial charge in [-0.25, -0.2) is 4.39 Å². The number of hydrogen-bond donors (Lipinski definition) is 2. The SMILES string of the molecule is CCOCCC1(CNC(=NC)NC2CC2c2ccccc2F)CCCC1. The van der Waals surface area contributed by atoms with E-state index in [0.717, 1.165) is 44.1 Å². The van der Waals surface area contributed by atoms with Gasteiger partial charge in [0.2, 0.25) is 0 Å². The van der Waals surface area contributed by atoms with E-state index in [1.54, 1.807) is 19.2 Å². The Labute approximate surface area is 156 Å². The normalized spacial score (nSPS) is 24.5. The van der Waals surface area contributed by atoms with Gasteiger partial charge >= 0.3 is 0 Å². The van der Waals surface area contributed by atoms with Crippen molar-refractivity contribution in [3.05, 3.63) is 35.6 Å². The third kappa shape index (κ3) is 4.76. The summed E-state index contributed by atoms with van der Waals surface area (Å²) in [6.45, 7) is 4.60. The van der Waals surface area contributed by atoms with Gasteiger partial charge in [-0.2, -0.15) is 0 Å². The fourth-order valence-electron chi connectivity index (χ4n) is 4.19. The minimum atomic E-state index is -0.106. The standard InChI is InChI=1S/C21H32FN3O/c1-3-26-13-12-21(10-6-7-11-21)15-24-20(23-2)25-19-14-17(19)16-8-4-5-9-18(16)22/h4-5,8-9,17,19H,3,6-7,10-15H2,1-2H3,(H2,23,24,25). The highest BCUT2D eigenvalue weighted by atomic mass is 19.1. The fraction of sp³-hybridized carbons (Fsp3) is 0.667. The second-order valence-electron chi connectivity index (χ2n) is 7.69. The lowest BCUT2D eigenvalue weighted by Crippen LogP contribution is -2.44. The summed E-state index contributed by atoms with van der Waals surface area (Å²) in [5.41, 5.74) is 1.13. The maximum atomic E-state index is 13.9. The summed E-state index contributed by atoms with van der Waals surface area (Å²) >= 11 is 0. The summed E-state index contributed by atoms with van der Waals surface area (Å²) in [7, 11) is 1.80. The Morgan fingerprint density at radius 1 is 1.31 bits per heavy atom. The molecule has 2 atom stereocenters. The molecule has 0 spiro atoms. The number of rotatable bonds is 8. The van der Waals surface area contributed by atoms with Crippen LogP contribution < -0.4 is 10.6 Å². The van der Waals surface area contributed by atoms with E-state index in [-0.39, 0.29) is 17.8 Å². The Kier molecular flexibility index (Phi) is 6.52. The quantitative estimate of drug-likeness (QED) is 0.420. The molecule has 2 N–H and O–H groups in total. The van der Waals surface area contributed by atoms with Gasteiger partial charge in [-0.05, 0) is 49.7 Å². The highest BCUT2D eigenvalue weighted by molar-refractivity contribution is 5.80. The van der Waals surface area contributed by atoms with Gasteiger partial charge in [0.1, 0.15) is 5.82 Å². The highest BCUT2D eigenvalue weighted by Gasteiger charge is 2.41. The number of aliphatic imine (C=N–C) groups is 1. The molecule has 2 unspecified atom stereocenters. The molecule has 5 heteroatoms. The van der Waals surface area contributed by atoms with Crippen LogP contribution in [0.2, 0.25) is 0 Å². The molecule has 2 saturated carbocycles.